The van der Waals surface area contributed by atoms with Gasteiger partial charge in [-0.2, -0.15) is 0 Å². The van der Waals surface area contributed by atoms with Gasteiger partial charge in [0.05, 0.1) is 10.7 Å². The molecule has 1 fully saturated rings. The monoisotopic (exact) mass is 260 g/mol. The Labute approximate surface area is 113 Å². The van der Waals surface area contributed by atoms with Crippen LogP contribution in [0.1, 0.15) is 37.4 Å². The molecule has 94 valence electrons. The Bertz CT molecular complexity index is 553. The quantitative estimate of drug-likeness (QED) is 0.770. The van der Waals surface area contributed by atoms with E-state index in [2.05, 4.69) is 21.8 Å². The summed E-state index contributed by atoms with van der Waals surface area (Å²) in [6.45, 7) is 2.05. The third-order valence-electron chi connectivity index (χ3n) is 3.69. The molecule has 1 aliphatic rings. The van der Waals surface area contributed by atoms with Crippen LogP contribution >= 0.6 is 11.6 Å². The van der Waals surface area contributed by atoms with Crippen molar-refractivity contribution in [1.82, 2.24) is 9.55 Å². The highest BCUT2D eigenvalue weighted by Gasteiger charge is 2.21. The zero-order chi connectivity index (χ0) is 12.5. The third-order valence-corrected chi connectivity index (χ3v) is 4.02. The molecule has 1 saturated carbocycles. The molecular weight excluding hydrogens is 244 g/mol. The number of benzene rings is 1. The number of aryl methyl sites for hydroxylation is 1. The summed E-state index contributed by atoms with van der Waals surface area (Å²) in [5.74, 6) is 1.02. The Morgan fingerprint density at radius 1 is 1.22 bits per heavy atom. The highest BCUT2D eigenvalue weighted by atomic mass is 35.5. The SMILES string of the molecule is Cc1cn(C2CCCC2)c(-c2ccccc2Cl)n1. The summed E-state index contributed by atoms with van der Waals surface area (Å²) in [6, 6.07) is 8.55. The van der Waals surface area contributed by atoms with Gasteiger partial charge < -0.3 is 4.57 Å². The van der Waals surface area contributed by atoms with Gasteiger partial charge in [-0.25, -0.2) is 4.98 Å². The number of halogens is 1. The molecule has 3 rings (SSSR count). The molecule has 2 aromatic rings. The largest absolute Gasteiger partial charge is 0.328 e. The van der Waals surface area contributed by atoms with Gasteiger partial charge in [-0.3, -0.25) is 0 Å². The van der Waals surface area contributed by atoms with E-state index >= 15 is 0 Å². The highest BCUT2D eigenvalue weighted by molar-refractivity contribution is 6.33. The second-order valence-electron chi connectivity index (χ2n) is 5.03. The highest BCUT2D eigenvalue weighted by Crippen LogP contribution is 2.35. The first-order valence-electron chi connectivity index (χ1n) is 6.56. The number of nitrogens with zero attached hydrogens (tertiary/aromatic N) is 2. The maximum Gasteiger partial charge on any atom is 0.141 e. The van der Waals surface area contributed by atoms with Crippen LogP contribution in [0, 0.1) is 6.92 Å². The second-order valence-corrected chi connectivity index (χ2v) is 5.44. The first kappa shape index (κ1) is 11.8. The molecular formula is C15H17ClN2. The van der Waals surface area contributed by atoms with E-state index in [4.69, 9.17) is 11.6 Å². The molecule has 3 heteroatoms. The lowest BCUT2D eigenvalue weighted by Crippen LogP contribution is -2.05. The summed E-state index contributed by atoms with van der Waals surface area (Å²) in [7, 11) is 0. The molecule has 0 unspecified atom stereocenters. The minimum Gasteiger partial charge on any atom is -0.328 e. The molecule has 1 aromatic carbocycles. The molecule has 0 aliphatic heterocycles. The van der Waals surface area contributed by atoms with Crippen molar-refractivity contribution in [3.05, 3.63) is 41.2 Å². The van der Waals surface area contributed by atoms with Crippen LogP contribution in [0.15, 0.2) is 30.5 Å². The fourth-order valence-corrected chi connectivity index (χ4v) is 3.04. The molecule has 1 aromatic heterocycles. The fourth-order valence-electron chi connectivity index (χ4n) is 2.82. The molecule has 2 nitrogen and oxygen atoms in total. The van der Waals surface area contributed by atoms with Crippen LogP contribution in [0.25, 0.3) is 11.4 Å². The molecule has 0 atom stereocenters. The van der Waals surface area contributed by atoms with E-state index in [0.29, 0.717) is 6.04 Å². The lowest BCUT2D eigenvalue weighted by molar-refractivity contribution is 0.523. The Hall–Kier alpha value is -1.28. The Balaban J connectivity index is 2.09. The second kappa shape index (κ2) is 4.77. The summed E-state index contributed by atoms with van der Waals surface area (Å²) in [6.07, 6.45) is 7.32. The maximum atomic E-state index is 6.29. The Morgan fingerprint density at radius 3 is 2.67 bits per heavy atom. The van der Waals surface area contributed by atoms with Gasteiger partial charge >= 0.3 is 0 Å². The van der Waals surface area contributed by atoms with Crippen molar-refractivity contribution in [2.24, 2.45) is 0 Å². The van der Waals surface area contributed by atoms with Crippen molar-refractivity contribution < 1.29 is 0 Å². The molecule has 0 amide bonds. The summed E-state index contributed by atoms with van der Waals surface area (Å²) in [4.78, 5) is 4.66. The van der Waals surface area contributed by atoms with Crippen molar-refractivity contribution in [2.45, 2.75) is 38.6 Å². The molecule has 0 saturated heterocycles. The molecule has 1 aliphatic carbocycles. The molecule has 1 heterocycles. The van der Waals surface area contributed by atoms with E-state index in [-0.39, 0.29) is 0 Å². The van der Waals surface area contributed by atoms with Crippen molar-refractivity contribution in [2.75, 3.05) is 0 Å². The van der Waals surface area contributed by atoms with Crippen molar-refractivity contribution in [3.8, 4) is 11.4 Å². The van der Waals surface area contributed by atoms with Gasteiger partial charge in [0.2, 0.25) is 0 Å². The van der Waals surface area contributed by atoms with Crippen LogP contribution < -0.4 is 0 Å². The van der Waals surface area contributed by atoms with Gasteiger partial charge in [-0.1, -0.05) is 36.6 Å². The molecule has 0 radical (unpaired) electrons. The average Bonchev–Trinajstić information content (AvgIpc) is 2.98. The standard InChI is InChI=1S/C15H17ClN2/c1-11-10-18(12-6-2-3-7-12)15(17-11)13-8-4-5-9-14(13)16/h4-5,8-10,12H,2-3,6-7H2,1H3. The first-order chi connectivity index (χ1) is 8.75. The number of rotatable bonds is 2. The van der Waals surface area contributed by atoms with E-state index < -0.39 is 0 Å². The minimum atomic E-state index is 0.595. The van der Waals surface area contributed by atoms with Crippen LogP contribution in [-0.2, 0) is 0 Å². The van der Waals surface area contributed by atoms with Gasteiger partial charge in [0.1, 0.15) is 5.82 Å². The molecule has 0 N–H and O–H groups in total. The van der Waals surface area contributed by atoms with Crippen LogP contribution in [0.3, 0.4) is 0 Å². The molecule has 0 spiro atoms. The van der Waals surface area contributed by atoms with E-state index in [9.17, 15) is 0 Å². The number of aromatic nitrogens is 2. The van der Waals surface area contributed by atoms with Gasteiger partial charge in [-0.15, -0.1) is 0 Å². The Kier molecular flexibility index (Phi) is 3.13. The van der Waals surface area contributed by atoms with Crippen molar-refractivity contribution in [3.63, 3.8) is 0 Å². The van der Waals surface area contributed by atoms with E-state index in [1.807, 2.05) is 25.1 Å². The fraction of sp³-hybridized carbons (Fsp3) is 0.400. The van der Waals surface area contributed by atoms with Gasteiger partial charge in [0, 0.05) is 17.8 Å². The van der Waals surface area contributed by atoms with E-state index in [1.54, 1.807) is 0 Å². The first-order valence-corrected chi connectivity index (χ1v) is 6.94. The van der Waals surface area contributed by atoms with Gasteiger partial charge in [-0.05, 0) is 31.9 Å². The number of hydrogen-bond acceptors (Lipinski definition) is 1. The number of imidazole rings is 1. The van der Waals surface area contributed by atoms with Crippen LogP contribution in [0.2, 0.25) is 5.02 Å². The zero-order valence-corrected chi connectivity index (χ0v) is 11.3. The van der Waals surface area contributed by atoms with Gasteiger partial charge in [0.15, 0.2) is 0 Å². The summed E-state index contributed by atoms with van der Waals surface area (Å²) in [5, 5.41) is 0.780. The summed E-state index contributed by atoms with van der Waals surface area (Å²) < 4.78 is 2.32. The topological polar surface area (TPSA) is 17.8 Å². The van der Waals surface area contributed by atoms with E-state index in [1.165, 1.54) is 25.7 Å². The maximum absolute atomic E-state index is 6.29. The normalized spacial score (nSPS) is 16.3. The average molecular weight is 261 g/mol. The van der Waals surface area contributed by atoms with Crippen LogP contribution in [0.5, 0.6) is 0 Å². The van der Waals surface area contributed by atoms with Crippen LogP contribution in [-0.4, -0.2) is 9.55 Å². The van der Waals surface area contributed by atoms with Crippen molar-refractivity contribution >= 4 is 11.6 Å². The number of hydrogen-bond donors (Lipinski definition) is 0. The summed E-state index contributed by atoms with van der Waals surface area (Å²) in [5.41, 5.74) is 2.11. The molecule has 0 bridgehead atoms. The predicted molar refractivity (Wildman–Crippen MR) is 74.9 cm³/mol. The van der Waals surface area contributed by atoms with E-state index in [0.717, 1.165) is 22.1 Å². The minimum absolute atomic E-state index is 0.595. The predicted octanol–water partition coefficient (Wildman–Crippen LogP) is 4.63. The zero-order valence-electron chi connectivity index (χ0n) is 10.6. The summed E-state index contributed by atoms with van der Waals surface area (Å²) >= 11 is 6.29. The molecule has 18 heavy (non-hydrogen) atoms. The van der Waals surface area contributed by atoms with Crippen molar-refractivity contribution in [1.29, 1.82) is 0 Å². The van der Waals surface area contributed by atoms with Crippen LogP contribution in [0.4, 0.5) is 0 Å². The third kappa shape index (κ3) is 2.05. The smallest absolute Gasteiger partial charge is 0.141 e. The Morgan fingerprint density at radius 2 is 1.94 bits per heavy atom. The lowest BCUT2D eigenvalue weighted by Gasteiger charge is -2.15. The lowest BCUT2D eigenvalue weighted by atomic mass is 10.2. The van der Waals surface area contributed by atoms with Gasteiger partial charge in [0.25, 0.3) is 0 Å².